The van der Waals surface area contributed by atoms with Crippen molar-refractivity contribution in [3.05, 3.63) is 76.9 Å². The maximum Gasteiger partial charge on any atom is 0.301 e. The number of carbonyl (C=O) groups is 2. The van der Waals surface area contributed by atoms with Crippen molar-refractivity contribution < 1.29 is 33.6 Å². The Bertz CT molecular complexity index is 1730. The second-order valence-electron chi connectivity index (χ2n) is 9.80. The predicted molar refractivity (Wildman–Crippen MR) is 155 cm³/mol. The molecule has 1 saturated heterocycles. The van der Waals surface area contributed by atoms with E-state index in [1.54, 1.807) is 55.6 Å². The minimum absolute atomic E-state index is 0.0157. The zero-order valence-corrected chi connectivity index (χ0v) is 23.8. The second kappa shape index (κ2) is 10.4. The summed E-state index contributed by atoms with van der Waals surface area (Å²) in [6.45, 7) is 4.27. The molecule has 0 spiro atoms. The molecule has 4 aromatic rings. The van der Waals surface area contributed by atoms with Crippen molar-refractivity contribution in [2.24, 2.45) is 0 Å². The zero-order chi connectivity index (χ0) is 28.8. The molecule has 2 atom stereocenters. The number of rotatable bonds is 7. The third-order valence-electron chi connectivity index (χ3n) is 7.21. The van der Waals surface area contributed by atoms with E-state index in [0.717, 1.165) is 16.0 Å². The molecule has 2 aliphatic rings. The lowest BCUT2D eigenvalue weighted by atomic mass is 9.94. The number of benzene rings is 3. The molecule has 0 radical (unpaired) electrons. The first kappa shape index (κ1) is 26.6. The number of fused-ring (bicyclic) bond motifs is 2. The summed E-state index contributed by atoms with van der Waals surface area (Å²) in [7, 11) is 3.10. The first-order valence-electron chi connectivity index (χ1n) is 13.2. The predicted octanol–water partition coefficient (Wildman–Crippen LogP) is 5.66. The van der Waals surface area contributed by atoms with Crippen molar-refractivity contribution in [3.63, 3.8) is 0 Å². The Hall–Kier alpha value is -4.57. The third kappa shape index (κ3) is 4.54. The summed E-state index contributed by atoms with van der Waals surface area (Å²) >= 11 is 1.26. The molecule has 9 nitrogen and oxygen atoms in total. The van der Waals surface area contributed by atoms with Crippen LogP contribution in [-0.2, 0) is 16.0 Å². The van der Waals surface area contributed by atoms with Crippen molar-refractivity contribution in [1.82, 2.24) is 4.98 Å². The number of ether oxygens (including phenoxy) is 4. The van der Waals surface area contributed by atoms with Crippen molar-refractivity contribution >= 4 is 44.1 Å². The molecule has 1 fully saturated rings. The normalized spacial score (nSPS) is 19.4. The van der Waals surface area contributed by atoms with E-state index in [2.05, 4.69) is 4.98 Å². The summed E-state index contributed by atoms with van der Waals surface area (Å²) in [4.78, 5) is 33.4. The van der Waals surface area contributed by atoms with Gasteiger partial charge in [-0.15, -0.1) is 0 Å². The number of thiazole rings is 1. The average Bonchev–Trinajstić information content (AvgIpc) is 3.64. The highest BCUT2D eigenvalue weighted by Crippen LogP contribution is 2.46. The van der Waals surface area contributed by atoms with Gasteiger partial charge in [0.15, 0.2) is 16.6 Å². The Morgan fingerprint density at radius 3 is 2.66 bits per heavy atom. The number of Topliss-reactive ketones (excluding diaryl/α,β-unsaturated/α-hetero) is 1. The number of amides is 1. The molecule has 0 aliphatic carbocycles. The molecule has 3 heterocycles. The van der Waals surface area contributed by atoms with Crippen LogP contribution in [0.2, 0.25) is 0 Å². The largest absolute Gasteiger partial charge is 0.507 e. The van der Waals surface area contributed by atoms with Crippen molar-refractivity contribution in [2.45, 2.75) is 32.4 Å². The average molecular weight is 573 g/mol. The molecule has 210 valence electrons. The second-order valence-corrected chi connectivity index (χ2v) is 10.8. The summed E-state index contributed by atoms with van der Waals surface area (Å²) in [5.41, 5.74) is 2.53. The fraction of sp³-hybridized carbons (Fsp3) is 0.258. The molecule has 2 aliphatic heterocycles. The van der Waals surface area contributed by atoms with Gasteiger partial charge >= 0.3 is 5.91 Å². The van der Waals surface area contributed by atoms with Gasteiger partial charge in [0.2, 0.25) is 0 Å². The van der Waals surface area contributed by atoms with Crippen LogP contribution in [0.5, 0.6) is 23.0 Å². The quantitative estimate of drug-likeness (QED) is 0.172. The standard InChI is InChI=1S/C31H28N2O7S/c1-5-39-23-11-6-17(14-24(23)38-4)27-26(28(34)18-7-10-22-19(13-18)12-16(2)40-22)29(35)30(36)33(27)31-32-21-9-8-20(37-3)15-25(21)41-31/h6-11,13-16,27,34H,5,12H2,1-4H3/b28-26-. The number of ketones is 1. The van der Waals surface area contributed by atoms with Crippen LogP contribution in [0.1, 0.15) is 36.6 Å². The Balaban J connectivity index is 1.54. The van der Waals surface area contributed by atoms with Crippen LogP contribution in [-0.4, -0.2) is 48.7 Å². The number of carbonyl (C=O) groups excluding carboxylic acids is 2. The van der Waals surface area contributed by atoms with E-state index < -0.39 is 17.7 Å². The minimum atomic E-state index is -0.967. The van der Waals surface area contributed by atoms with Crippen LogP contribution in [0.3, 0.4) is 0 Å². The number of methoxy groups -OCH3 is 2. The Morgan fingerprint density at radius 2 is 1.90 bits per heavy atom. The highest BCUT2D eigenvalue weighted by molar-refractivity contribution is 7.22. The van der Waals surface area contributed by atoms with Gasteiger partial charge < -0.3 is 24.1 Å². The molecular weight excluding hydrogens is 544 g/mol. The van der Waals surface area contributed by atoms with Gasteiger partial charge in [0.05, 0.1) is 42.7 Å². The fourth-order valence-electron chi connectivity index (χ4n) is 5.32. The molecule has 0 saturated carbocycles. The van der Waals surface area contributed by atoms with E-state index in [-0.39, 0.29) is 17.4 Å². The first-order valence-corrected chi connectivity index (χ1v) is 14.0. The fourth-order valence-corrected chi connectivity index (χ4v) is 6.34. The van der Waals surface area contributed by atoms with E-state index in [1.807, 2.05) is 19.9 Å². The number of nitrogens with zero attached hydrogens (tertiary/aromatic N) is 2. The van der Waals surface area contributed by atoms with Gasteiger partial charge in [0.25, 0.3) is 5.78 Å². The van der Waals surface area contributed by atoms with Gasteiger partial charge in [-0.3, -0.25) is 14.5 Å². The van der Waals surface area contributed by atoms with Crippen molar-refractivity contribution in [3.8, 4) is 23.0 Å². The lowest BCUT2D eigenvalue weighted by molar-refractivity contribution is -0.132. The molecule has 3 aromatic carbocycles. The summed E-state index contributed by atoms with van der Waals surface area (Å²) in [5.74, 6) is 0.498. The number of aromatic nitrogens is 1. The van der Waals surface area contributed by atoms with E-state index in [9.17, 15) is 14.7 Å². The molecule has 6 rings (SSSR count). The highest BCUT2D eigenvalue weighted by Gasteiger charge is 2.48. The highest BCUT2D eigenvalue weighted by atomic mass is 32.1. The summed E-state index contributed by atoms with van der Waals surface area (Å²) in [6.07, 6.45) is 0.696. The molecular formula is C31H28N2O7S. The monoisotopic (exact) mass is 572 g/mol. The zero-order valence-electron chi connectivity index (χ0n) is 23.0. The third-order valence-corrected chi connectivity index (χ3v) is 8.22. The van der Waals surface area contributed by atoms with Crippen LogP contribution in [0, 0.1) is 0 Å². The van der Waals surface area contributed by atoms with Crippen LogP contribution < -0.4 is 23.8 Å². The molecule has 41 heavy (non-hydrogen) atoms. The van der Waals surface area contributed by atoms with Crippen LogP contribution >= 0.6 is 11.3 Å². The van der Waals surface area contributed by atoms with Gasteiger partial charge in [-0.1, -0.05) is 17.4 Å². The summed E-state index contributed by atoms with van der Waals surface area (Å²) in [5, 5.41) is 11.9. The summed E-state index contributed by atoms with van der Waals surface area (Å²) < 4.78 is 23.2. The molecule has 1 aromatic heterocycles. The molecule has 1 amide bonds. The van der Waals surface area contributed by atoms with Crippen LogP contribution in [0.4, 0.5) is 5.13 Å². The maximum atomic E-state index is 13.7. The van der Waals surface area contributed by atoms with Gasteiger partial charge in [-0.05, 0) is 73.5 Å². The van der Waals surface area contributed by atoms with E-state index in [1.165, 1.54) is 23.3 Å². The number of hydrogen-bond donors (Lipinski definition) is 1. The Kier molecular flexibility index (Phi) is 6.78. The number of anilines is 1. The Morgan fingerprint density at radius 1 is 1.07 bits per heavy atom. The number of aliphatic hydroxyl groups excluding tert-OH is 1. The topological polar surface area (TPSA) is 107 Å². The number of aliphatic hydroxyl groups is 1. The smallest absolute Gasteiger partial charge is 0.301 e. The molecule has 1 N–H and O–H groups in total. The van der Waals surface area contributed by atoms with Gasteiger partial charge in [0.1, 0.15) is 23.4 Å². The SMILES string of the molecule is CCOc1ccc(C2/C(=C(/O)c3ccc4c(c3)CC(C)O4)C(=O)C(=O)N2c2nc3ccc(OC)cc3s2)cc1OC. The van der Waals surface area contributed by atoms with Gasteiger partial charge in [-0.2, -0.15) is 0 Å². The van der Waals surface area contributed by atoms with Crippen LogP contribution in [0.25, 0.3) is 16.0 Å². The van der Waals surface area contributed by atoms with Crippen LogP contribution in [0.15, 0.2) is 60.2 Å². The number of hydrogen-bond acceptors (Lipinski definition) is 9. The van der Waals surface area contributed by atoms with Crippen molar-refractivity contribution in [2.75, 3.05) is 25.7 Å². The summed E-state index contributed by atoms with van der Waals surface area (Å²) in [6, 6.07) is 14.9. The maximum absolute atomic E-state index is 13.7. The van der Waals surface area contributed by atoms with E-state index in [4.69, 9.17) is 18.9 Å². The molecule has 0 bridgehead atoms. The van der Waals surface area contributed by atoms with Crippen molar-refractivity contribution in [1.29, 1.82) is 0 Å². The lowest BCUT2D eigenvalue weighted by Crippen LogP contribution is -2.29. The molecule has 2 unspecified atom stereocenters. The van der Waals surface area contributed by atoms with E-state index in [0.29, 0.717) is 52.1 Å². The Labute approximate surface area is 240 Å². The van der Waals surface area contributed by atoms with Gasteiger partial charge in [-0.25, -0.2) is 4.98 Å². The van der Waals surface area contributed by atoms with E-state index >= 15 is 0 Å². The molecule has 10 heteroatoms. The van der Waals surface area contributed by atoms with Gasteiger partial charge in [0, 0.05) is 12.0 Å². The minimum Gasteiger partial charge on any atom is -0.507 e. The first-order chi connectivity index (χ1) is 19.8. The lowest BCUT2D eigenvalue weighted by Gasteiger charge is -2.24.